The van der Waals surface area contributed by atoms with Crippen molar-refractivity contribution in [2.75, 3.05) is 0 Å². The summed E-state index contributed by atoms with van der Waals surface area (Å²) in [6.45, 7) is 1.82. The highest BCUT2D eigenvalue weighted by molar-refractivity contribution is 6.30. The Morgan fingerprint density at radius 2 is 2.00 bits per heavy atom. The van der Waals surface area contributed by atoms with Gasteiger partial charge in [-0.15, -0.1) is 0 Å². The van der Waals surface area contributed by atoms with E-state index in [1.165, 1.54) is 12.1 Å². The number of halogens is 2. The monoisotopic (exact) mass is 306 g/mol. The highest BCUT2D eigenvalue weighted by Crippen LogP contribution is 2.30. The van der Waals surface area contributed by atoms with Gasteiger partial charge >= 0.3 is 5.97 Å². The van der Waals surface area contributed by atoms with E-state index < -0.39 is 11.8 Å². The molecule has 3 nitrogen and oxygen atoms in total. The third-order valence-electron chi connectivity index (χ3n) is 2.68. The van der Waals surface area contributed by atoms with Crippen molar-refractivity contribution < 1.29 is 19.0 Å². The summed E-state index contributed by atoms with van der Waals surface area (Å²) in [5.74, 6) is -1.20. The van der Waals surface area contributed by atoms with E-state index in [4.69, 9.17) is 21.4 Å². The summed E-state index contributed by atoms with van der Waals surface area (Å²) >= 11 is 5.88. The average molecular weight is 307 g/mol. The smallest absolute Gasteiger partial charge is 0.328 e. The number of aliphatic carboxylic acids is 1. The van der Waals surface area contributed by atoms with E-state index in [1.807, 2.05) is 6.92 Å². The lowest BCUT2D eigenvalue weighted by Crippen LogP contribution is -1.92. The molecule has 0 atom stereocenters. The van der Waals surface area contributed by atoms with Crippen molar-refractivity contribution in [3.05, 3.63) is 64.4 Å². The number of carboxylic acid groups (broad SMARTS) is 1. The van der Waals surface area contributed by atoms with Gasteiger partial charge in [-0.25, -0.2) is 9.18 Å². The Balaban J connectivity index is 2.39. The molecule has 21 heavy (non-hydrogen) atoms. The summed E-state index contributed by atoms with van der Waals surface area (Å²) < 4.78 is 19.2. The first-order valence-electron chi connectivity index (χ1n) is 6.10. The minimum atomic E-state index is -1.09. The molecule has 108 valence electrons. The number of aryl methyl sites for hydroxylation is 1. The van der Waals surface area contributed by atoms with Crippen LogP contribution in [0.15, 0.2) is 42.5 Å². The fourth-order valence-electron chi connectivity index (χ4n) is 1.71. The van der Waals surface area contributed by atoms with Crippen LogP contribution in [0.25, 0.3) is 6.08 Å². The molecule has 0 saturated heterocycles. The van der Waals surface area contributed by atoms with Crippen LogP contribution in [0.3, 0.4) is 0 Å². The van der Waals surface area contributed by atoms with E-state index in [-0.39, 0.29) is 5.75 Å². The molecule has 0 aliphatic carbocycles. The van der Waals surface area contributed by atoms with E-state index in [0.717, 1.165) is 11.6 Å². The zero-order chi connectivity index (χ0) is 15.4. The third kappa shape index (κ3) is 4.07. The quantitative estimate of drug-likeness (QED) is 0.834. The van der Waals surface area contributed by atoms with Crippen molar-refractivity contribution >= 4 is 23.6 Å². The number of carbonyl (C=O) groups is 1. The van der Waals surface area contributed by atoms with Crippen molar-refractivity contribution in [1.29, 1.82) is 0 Å². The van der Waals surface area contributed by atoms with Gasteiger partial charge in [0.05, 0.1) is 0 Å². The molecule has 0 heterocycles. The molecule has 0 aliphatic rings. The molecular formula is C16H12ClFO3. The molecule has 0 bridgehead atoms. The van der Waals surface area contributed by atoms with E-state index in [0.29, 0.717) is 16.3 Å². The number of benzene rings is 2. The van der Waals surface area contributed by atoms with Gasteiger partial charge in [-0.1, -0.05) is 17.7 Å². The minimum Gasteiger partial charge on any atom is -0.478 e. The number of ether oxygens (including phenoxy) is 1. The second kappa shape index (κ2) is 6.41. The fourth-order valence-corrected chi connectivity index (χ4v) is 1.89. The van der Waals surface area contributed by atoms with E-state index in [9.17, 15) is 9.18 Å². The molecule has 0 saturated carbocycles. The first-order valence-corrected chi connectivity index (χ1v) is 6.48. The first-order chi connectivity index (χ1) is 9.95. The Labute approximate surface area is 126 Å². The Hall–Kier alpha value is -2.33. The molecule has 0 amide bonds. The van der Waals surface area contributed by atoms with Crippen LogP contribution in [0.1, 0.15) is 11.1 Å². The van der Waals surface area contributed by atoms with Crippen molar-refractivity contribution in [3.63, 3.8) is 0 Å². The summed E-state index contributed by atoms with van der Waals surface area (Å²) in [6.07, 6.45) is 2.31. The number of carboxylic acids is 1. The highest BCUT2D eigenvalue weighted by atomic mass is 35.5. The van der Waals surface area contributed by atoms with E-state index in [1.54, 1.807) is 30.3 Å². The van der Waals surface area contributed by atoms with E-state index in [2.05, 4.69) is 0 Å². The predicted octanol–water partition coefficient (Wildman–Crippen LogP) is 4.68. The molecule has 0 fully saturated rings. The maximum absolute atomic E-state index is 13.7. The standard InChI is InChI=1S/C16H12ClFO3/c1-10-2-5-13(18)15(8-10)21-14-6-4-12(17)9-11(14)3-7-16(19)20/h2-9H,1H3,(H,19,20)/b7-3+. The highest BCUT2D eigenvalue weighted by Gasteiger charge is 2.08. The lowest BCUT2D eigenvalue weighted by Gasteiger charge is -2.10. The SMILES string of the molecule is Cc1ccc(F)c(Oc2ccc(Cl)cc2/C=C/C(=O)O)c1. The van der Waals surface area contributed by atoms with Gasteiger partial charge in [0, 0.05) is 16.7 Å². The number of rotatable bonds is 4. The number of hydrogen-bond acceptors (Lipinski definition) is 2. The van der Waals surface area contributed by atoms with Crippen LogP contribution < -0.4 is 4.74 Å². The molecule has 0 spiro atoms. The Morgan fingerprint density at radius 1 is 1.24 bits per heavy atom. The summed E-state index contributed by atoms with van der Waals surface area (Å²) in [5, 5.41) is 9.11. The van der Waals surface area contributed by atoms with Crippen molar-refractivity contribution in [2.45, 2.75) is 6.92 Å². The first kappa shape index (κ1) is 15.1. The van der Waals surface area contributed by atoms with Crippen molar-refractivity contribution in [2.24, 2.45) is 0 Å². The molecule has 1 N–H and O–H groups in total. The van der Waals surface area contributed by atoms with Gasteiger partial charge in [-0.05, 0) is 48.9 Å². The lowest BCUT2D eigenvalue weighted by atomic mass is 10.2. The molecule has 2 aromatic carbocycles. The zero-order valence-corrected chi connectivity index (χ0v) is 11.9. The van der Waals surface area contributed by atoms with Gasteiger partial charge in [0.2, 0.25) is 0 Å². The van der Waals surface area contributed by atoms with Crippen LogP contribution in [0, 0.1) is 12.7 Å². The van der Waals surface area contributed by atoms with Gasteiger partial charge in [0.15, 0.2) is 11.6 Å². The van der Waals surface area contributed by atoms with Gasteiger partial charge < -0.3 is 9.84 Å². The van der Waals surface area contributed by atoms with Crippen molar-refractivity contribution in [1.82, 2.24) is 0 Å². The Bertz CT molecular complexity index is 711. The molecule has 2 rings (SSSR count). The normalized spacial score (nSPS) is 10.8. The Kier molecular flexibility index (Phi) is 4.60. The van der Waals surface area contributed by atoms with Gasteiger partial charge in [-0.3, -0.25) is 0 Å². The molecule has 2 aromatic rings. The summed E-state index contributed by atoms with van der Waals surface area (Å²) in [4.78, 5) is 10.6. The van der Waals surface area contributed by atoms with Crippen LogP contribution in [0.4, 0.5) is 4.39 Å². The lowest BCUT2D eigenvalue weighted by molar-refractivity contribution is -0.131. The van der Waals surface area contributed by atoms with E-state index >= 15 is 0 Å². The van der Waals surface area contributed by atoms with Gasteiger partial charge in [0.25, 0.3) is 0 Å². The fraction of sp³-hybridized carbons (Fsp3) is 0.0625. The largest absolute Gasteiger partial charge is 0.478 e. The molecule has 0 aromatic heterocycles. The van der Waals surface area contributed by atoms with Gasteiger partial charge in [0.1, 0.15) is 5.75 Å². The topological polar surface area (TPSA) is 46.5 Å². The van der Waals surface area contributed by atoms with Crippen LogP contribution in [0.5, 0.6) is 11.5 Å². The van der Waals surface area contributed by atoms with Crippen LogP contribution in [-0.2, 0) is 4.79 Å². The second-order valence-electron chi connectivity index (χ2n) is 4.39. The summed E-state index contributed by atoms with van der Waals surface area (Å²) in [6, 6.07) is 9.20. The molecule has 0 aliphatic heterocycles. The average Bonchev–Trinajstić information content (AvgIpc) is 2.43. The summed E-state index contributed by atoms with van der Waals surface area (Å²) in [7, 11) is 0. The molecule has 5 heteroatoms. The van der Waals surface area contributed by atoms with Gasteiger partial charge in [-0.2, -0.15) is 0 Å². The maximum Gasteiger partial charge on any atom is 0.328 e. The van der Waals surface area contributed by atoms with Crippen molar-refractivity contribution in [3.8, 4) is 11.5 Å². The number of hydrogen-bond donors (Lipinski definition) is 1. The minimum absolute atomic E-state index is 0.0716. The van der Waals surface area contributed by atoms with Crippen LogP contribution in [-0.4, -0.2) is 11.1 Å². The second-order valence-corrected chi connectivity index (χ2v) is 4.83. The molecular weight excluding hydrogens is 295 g/mol. The molecule has 0 unspecified atom stereocenters. The maximum atomic E-state index is 13.7. The van der Waals surface area contributed by atoms with Crippen LogP contribution in [0.2, 0.25) is 5.02 Å². The predicted molar refractivity (Wildman–Crippen MR) is 79.3 cm³/mol. The summed E-state index contributed by atoms with van der Waals surface area (Å²) in [5.41, 5.74) is 1.30. The van der Waals surface area contributed by atoms with Crippen LogP contribution >= 0.6 is 11.6 Å². The Morgan fingerprint density at radius 3 is 2.71 bits per heavy atom. The molecule has 0 radical (unpaired) electrons. The third-order valence-corrected chi connectivity index (χ3v) is 2.92. The zero-order valence-electron chi connectivity index (χ0n) is 11.1.